The number of hydrogen-bond donors (Lipinski definition) is 1. The minimum absolute atomic E-state index is 0.0346. The number of carboxylic acid groups (broad SMARTS) is 1. The highest BCUT2D eigenvalue weighted by molar-refractivity contribution is 5.66. The summed E-state index contributed by atoms with van der Waals surface area (Å²) in [6.07, 6.45) is 0.389. The number of nitrogens with zero attached hydrogens (tertiary/aromatic N) is 2. The van der Waals surface area contributed by atoms with Gasteiger partial charge in [0.05, 0.1) is 12.1 Å². The van der Waals surface area contributed by atoms with E-state index in [0.717, 1.165) is 0 Å². The molecule has 1 rings (SSSR count). The highest BCUT2D eigenvalue weighted by Gasteiger charge is 2.04. The average molecular weight is 224 g/mol. The van der Waals surface area contributed by atoms with Crippen molar-refractivity contribution in [3.05, 3.63) is 28.2 Å². The largest absolute Gasteiger partial charge is 0.481 e. The first kappa shape index (κ1) is 12.4. The Morgan fingerprint density at radius 2 is 2.19 bits per heavy atom. The lowest BCUT2D eigenvalue weighted by molar-refractivity contribution is -0.136. The van der Waals surface area contributed by atoms with Gasteiger partial charge in [-0.05, 0) is 12.0 Å². The molecule has 0 aliphatic carbocycles. The predicted octanol–water partition coefficient (Wildman–Crippen LogP) is 0.917. The fraction of sp³-hybridized carbons (Fsp3) is 0.545. The zero-order valence-electron chi connectivity index (χ0n) is 9.51. The van der Waals surface area contributed by atoms with Crippen LogP contribution in [0.15, 0.2) is 16.9 Å². The van der Waals surface area contributed by atoms with E-state index in [0.29, 0.717) is 24.6 Å². The first-order chi connectivity index (χ1) is 7.49. The van der Waals surface area contributed by atoms with Gasteiger partial charge in [0, 0.05) is 19.0 Å². The van der Waals surface area contributed by atoms with Crippen molar-refractivity contribution in [2.24, 2.45) is 5.92 Å². The summed E-state index contributed by atoms with van der Waals surface area (Å²) in [5, 5.41) is 12.7. The molecule has 0 amide bonds. The summed E-state index contributed by atoms with van der Waals surface area (Å²) < 4.78 is 1.39. The Morgan fingerprint density at radius 1 is 1.50 bits per heavy atom. The maximum absolute atomic E-state index is 11.4. The Hall–Kier alpha value is -1.65. The second-order valence-corrected chi connectivity index (χ2v) is 4.13. The molecule has 0 saturated carbocycles. The summed E-state index contributed by atoms with van der Waals surface area (Å²) in [7, 11) is 0. The fourth-order valence-electron chi connectivity index (χ4n) is 1.34. The monoisotopic (exact) mass is 224 g/mol. The van der Waals surface area contributed by atoms with Crippen LogP contribution < -0.4 is 5.56 Å². The molecule has 0 aliphatic heterocycles. The standard InChI is InChI=1S/C11H16N2O3/c1-8(2)7-13-10(14)5-3-9(12-13)4-6-11(15)16/h3,5,8H,4,6-7H2,1-2H3,(H,15,16). The van der Waals surface area contributed by atoms with E-state index < -0.39 is 5.97 Å². The minimum atomic E-state index is -0.858. The van der Waals surface area contributed by atoms with Crippen molar-refractivity contribution in [3.63, 3.8) is 0 Å². The quantitative estimate of drug-likeness (QED) is 0.807. The van der Waals surface area contributed by atoms with Crippen LogP contribution in [-0.2, 0) is 17.8 Å². The zero-order valence-corrected chi connectivity index (χ0v) is 9.51. The van der Waals surface area contributed by atoms with E-state index >= 15 is 0 Å². The molecule has 0 spiro atoms. The number of rotatable bonds is 5. The third-order valence-corrected chi connectivity index (χ3v) is 2.05. The smallest absolute Gasteiger partial charge is 0.303 e. The molecule has 1 heterocycles. The van der Waals surface area contributed by atoms with E-state index in [9.17, 15) is 9.59 Å². The first-order valence-electron chi connectivity index (χ1n) is 5.28. The van der Waals surface area contributed by atoms with Crippen molar-refractivity contribution in [3.8, 4) is 0 Å². The van der Waals surface area contributed by atoms with Gasteiger partial charge in [-0.15, -0.1) is 0 Å². The van der Waals surface area contributed by atoms with Gasteiger partial charge in [-0.2, -0.15) is 5.10 Å². The molecule has 0 bridgehead atoms. The lowest BCUT2D eigenvalue weighted by Gasteiger charge is -2.08. The van der Waals surface area contributed by atoms with Gasteiger partial charge in [0.2, 0.25) is 0 Å². The molecule has 5 heteroatoms. The molecule has 5 nitrogen and oxygen atoms in total. The summed E-state index contributed by atoms with van der Waals surface area (Å²) in [5.41, 5.74) is 0.496. The normalized spacial score (nSPS) is 10.7. The summed E-state index contributed by atoms with van der Waals surface area (Å²) >= 11 is 0. The van der Waals surface area contributed by atoms with Crippen LogP contribution in [-0.4, -0.2) is 20.9 Å². The number of aromatic nitrogens is 2. The molecule has 0 aromatic carbocycles. The Labute approximate surface area is 93.7 Å². The molecular weight excluding hydrogens is 208 g/mol. The molecule has 0 aliphatic rings. The molecule has 88 valence electrons. The van der Waals surface area contributed by atoms with Gasteiger partial charge in [-0.25, -0.2) is 4.68 Å². The van der Waals surface area contributed by atoms with Gasteiger partial charge >= 0.3 is 5.97 Å². The van der Waals surface area contributed by atoms with Crippen molar-refractivity contribution in [2.45, 2.75) is 33.2 Å². The Bertz CT molecular complexity index is 423. The van der Waals surface area contributed by atoms with Crippen LogP contribution in [0.25, 0.3) is 0 Å². The molecule has 1 aromatic heterocycles. The lowest BCUT2D eigenvalue weighted by atomic mass is 10.2. The predicted molar refractivity (Wildman–Crippen MR) is 59.3 cm³/mol. The van der Waals surface area contributed by atoms with Crippen molar-refractivity contribution in [1.82, 2.24) is 9.78 Å². The molecule has 0 radical (unpaired) electrons. The molecule has 0 atom stereocenters. The van der Waals surface area contributed by atoms with Gasteiger partial charge in [0.1, 0.15) is 0 Å². The third-order valence-electron chi connectivity index (χ3n) is 2.05. The van der Waals surface area contributed by atoms with E-state index in [4.69, 9.17) is 5.11 Å². The number of hydrogen-bond acceptors (Lipinski definition) is 3. The van der Waals surface area contributed by atoms with Crippen LogP contribution in [0.1, 0.15) is 26.0 Å². The van der Waals surface area contributed by atoms with Crippen molar-refractivity contribution >= 4 is 5.97 Å². The van der Waals surface area contributed by atoms with E-state index in [1.807, 2.05) is 13.8 Å². The number of aliphatic carboxylic acids is 1. The van der Waals surface area contributed by atoms with Crippen molar-refractivity contribution in [2.75, 3.05) is 0 Å². The Kier molecular flexibility index (Phi) is 4.22. The summed E-state index contributed by atoms with van der Waals surface area (Å²) in [4.78, 5) is 21.8. The zero-order chi connectivity index (χ0) is 12.1. The van der Waals surface area contributed by atoms with E-state index in [2.05, 4.69) is 5.10 Å². The molecule has 0 fully saturated rings. The average Bonchev–Trinajstić information content (AvgIpc) is 2.18. The van der Waals surface area contributed by atoms with E-state index in [-0.39, 0.29) is 12.0 Å². The highest BCUT2D eigenvalue weighted by Crippen LogP contribution is 1.99. The second-order valence-electron chi connectivity index (χ2n) is 4.13. The molecule has 16 heavy (non-hydrogen) atoms. The maximum atomic E-state index is 11.4. The van der Waals surface area contributed by atoms with Gasteiger partial charge in [0.15, 0.2) is 0 Å². The Morgan fingerprint density at radius 3 is 2.75 bits per heavy atom. The minimum Gasteiger partial charge on any atom is -0.481 e. The van der Waals surface area contributed by atoms with Crippen molar-refractivity contribution < 1.29 is 9.90 Å². The molecule has 1 aromatic rings. The van der Waals surface area contributed by atoms with Crippen LogP contribution in [0.5, 0.6) is 0 Å². The molecular formula is C11H16N2O3. The molecule has 1 N–H and O–H groups in total. The van der Waals surface area contributed by atoms with Gasteiger partial charge in [-0.1, -0.05) is 13.8 Å². The third kappa shape index (κ3) is 3.84. The van der Waals surface area contributed by atoms with Gasteiger partial charge in [0.25, 0.3) is 5.56 Å². The number of aryl methyl sites for hydroxylation is 1. The van der Waals surface area contributed by atoms with Gasteiger partial charge < -0.3 is 5.11 Å². The summed E-state index contributed by atoms with van der Waals surface area (Å²) in [5.74, 6) is -0.525. The molecule has 0 unspecified atom stereocenters. The van der Waals surface area contributed by atoms with Gasteiger partial charge in [-0.3, -0.25) is 9.59 Å². The number of carbonyl (C=O) groups is 1. The van der Waals surface area contributed by atoms with E-state index in [1.54, 1.807) is 6.07 Å². The van der Waals surface area contributed by atoms with Crippen LogP contribution in [0.3, 0.4) is 0 Å². The first-order valence-corrected chi connectivity index (χ1v) is 5.28. The Balaban J connectivity index is 2.81. The summed E-state index contributed by atoms with van der Waals surface area (Å²) in [6, 6.07) is 3.02. The van der Waals surface area contributed by atoms with Crippen molar-refractivity contribution in [1.29, 1.82) is 0 Å². The van der Waals surface area contributed by atoms with Crippen LogP contribution in [0.2, 0.25) is 0 Å². The van der Waals surface area contributed by atoms with Crippen LogP contribution >= 0.6 is 0 Å². The SMILES string of the molecule is CC(C)Cn1nc(CCC(=O)O)ccc1=O. The number of carboxylic acids is 1. The maximum Gasteiger partial charge on any atom is 0.303 e. The van der Waals surface area contributed by atoms with E-state index in [1.165, 1.54) is 10.7 Å². The second kappa shape index (κ2) is 5.44. The van der Waals surface area contributed by atoms with Crippen LogP contribution in [0, 0.1) is 5.92 Å². The fourth-order valence-corrected chi connectivity index (χ4v) is 1.34. The summed E-state index contributed by atoms with van der Waals surface area (Å²) in [6.45, 7) is 4.55. The topological polar surface area (TPSA) is 72.2 Å². The molecule has 0 saturated heterocycles. The van der Waals surface area contributed by atoms with Crippen LogP contribution in [0.4, 0.5) is 0 Å². The highest BCUT2D eigenvalue weighted by atomic mass is 16.4. The lowest BCUT2D eigenvalue weighted by Crippen LogP contribution is -2.25.